The van der Waals surface area contributed by atoms with Gasteiger partial charge in [0.15, 0.2) is 0 Å². The maximum absolute atomic E-state index is 12.7. The molecule has 2 aliphatic rings. The van der Waals surface area contributed by atoms with Gasteiger partial charge in [-0.05, 0) is 62.4 Å². The van der Waals surface area contributed by atoms with Crippen molar-refractivity contribution in [3.63, 3.8) is 0 Å². The normalized spacial score (nSPS) is 21.0. The number of nitriles is 1. The van der Waals surface area contributed by atoms with E-state index in [0.717, 1.165) is 26.1 Å². The third kappa shape index (κ3) is 3.62. The molecule has 1 atom stereocenters. The molecule has 1 aliphatic heterocycles. The molecular formula is C17H21N3O. The van der Waals surface area contributed by atoms with E-state index in [1.165, 1.54) is 19.3 Å². The van der Waals surface area contributed by atoms with Gasteiger partial charge in [0, 0.05) is 24.7 Å². The van der Waals surface area contributed by atoms with Crippen LogP contribution < -0.4 is 5.32 Å². The number of carbonyl (C=O) groups is 1. The molecule has 1 amide bonds. The Kier molecular flexibility index (Phi) is 4.21. The van der Waals surface area contributed by atoms with Crippen LogP contribution in [0.5, 0.6) is 0 Å². The number of rotatable bonds is 5. The third-order valence-electron chi connectivity index (χ3n) is 4.33. The molecule has 1 N–H and O–H groups in total. The van der Waals surface area contributed by atoms with Crippen LogP contribution in [-0.2, 0) is 0 Å². The van der Waals surface area contributed by atoms with Crippen molar-refractivity contribution in [2.45, 2.75) is 31.7 Å². The summed E-state index contributed by atoms with van der Waals surface area (Å²) in [4.78, 5) is 14.7. The highest BCUT2D eigenvalue weighted by Gasteiger charge is 2.29. The summed E-state index contributed by atoms with van der Waals surface area (Å²) in [5.74, 6) is 0.786. The Labute approximate surface area is 125 Å². The smallest absolute Gasteiger partial charge is 0.253 e. The Morgan fingerprint density at radius 1 is 1.24 bits per heavy atom. The lowest BCUT2D eigenvalue weighted by atomic mass is 10.1. The van der Waals surface area contributed by atoms with Crippen molar-refractivity contribution >= 4 is 5.91 Å². The average molecular weight is 283 g/mol. The predicted octanol–water partition coefficient (Wildman–Crippen LogP) is 2.16. The van der Waals surface area contributed by atoms with Crippen LogP contribution in [0.4, 0.5) is 0 Å². The molecule has 4 heteroatoms. The summed E-state index contributed by atoms with van der Waals surface area (Å²) >= 11 is 0. The zero-order valence-electron chi connectivity index (χ0n) is 12.2. The second-order valence-electron chi connectivity index (χ2n) is 6.14. The highest BCUT2D eigenvalue weighted by Crippen LogP contribution is 2.30. The molecule has 1 aliphatic carbocycles. The average Bonchev–Trinajstić information content (AvgIpc) is 3.19. The van der Waals surface area contributed by atoms with Gasteiger partial charge < -0.3 is 10.2 Å². The van der Waals surface area contributed by atoms with Crippen LogP contribution in [0.1, 0.15) is 41.6 Å². The number of carbonyl (C=O) groups excluding carboxylic acids is 1. The molecule has 0 radical (unpaired) electrons. The monoisotopic (exact) mass is 283 g/mol. The van der Waals surface area contributed by atoms with Gasteiger partial charge in [-0.15, -0.1) is 0 Å². The summed E-state index contributed by atoms with van der Waals surface area (Å²) in [6.45, 7) is 2.74. The van der Waals surface area contributed by atoms with Gasteiger partial charge in [-0.2, -0.15) is 5.26 Å². The van der Waals surface area contributed by atoms with E-state index in [9.17, 15) is 4.79 Å². The fraction of sp³-hybridized carbons (Fsp3) is 0.529. The van der Waals surface area contributed by atoms with Gasteiger partial charge in [0.2, 0.25) is 0 Å². The summed E-state index contributed by atoms with van der Waals surface area (Å²) in [6.07, 6.45) is 4.85. The highest BCUT2D eigenvalue weighted by molar-refractivity contribution is 5.94. The van der Waals surface area contributed by atoms with E-state index in [1.807, 2.05) is 4.90 Å². The molecule has 2 fully saturated rings. The highest BCUT2D eigenvalue weighted by atomic mass is 16.2. The van der Waals surface area contributed by atoms with Gasteiger partial charge in [0.05, 0.1) is 11.6 Å². The molecule has 3 rings (SSSR count). The Hall–Kier alpha value is -1.86. The maximum Gasteiger partial charge on any atom is 0.253 e. The summed E-state index contributed by atoms with van der Waals surface area (Å²) in [6, 6.07) is 9.50. The van der Waals surface area contributed by atoms with Crippen molar-refractivity contribution in [3.8, 4) is 6.07 Å². The van der Waals surface area contributed by atoms with Crippen molar-refractivity contribution in [2.75, 3.05) is 19.6 Å². The van der Waals surface area contributed by atoms with Crippen molar-refractivity contribution in [1.29, 1.82) is 5.26 Å². The first-order valence-corrected chi connectivity index (χ1v) is 7.79. The van der Waals surface area contributed by atoms with Crippen LogP contribution in [0.3, 0.4) is 0 Å². The molecule has 1 aromatic carbocycles. The zero-order valence-corrected chi connectivity index (χ0v) is 12.2. The van der Waals surface area contributed by atoms with Crippen LogP contribution >= 0.6 is 0 Å². The fourth-order valence-electron chi connectivity index (χ4n) is 2.90. The van der Waals surface area contributed by atoms with Gasteiger partial charge in [-0.1, -0.05) is 0 Å². The largest absolute Gasteiger partial charge is 0.337 e. The van der Waals surface area contributed by atoms with Gasteiger partial charge >= 0.3 is 0 Å². The number of amides is 1. The summed E-state index contributed by atoms with van der Waals surface area (Å²) in [5, 5.41) is 12.3. The van der Waals surface area contributed by atoms with E-state index in [0.29, 0.717) is 23.1 Å². The summed E-state index contributed by atoms with van der Waals surface area (Å²) in [5.41, 5.74) is 1.28. The minimum atomic E-state index is 0.0973. The van der Waals surface area contributed by atoms with E-state index in [4.69, 9.17) is 5.26 Å². The molecule has 4 nitrogen and oxygen atoms in total. The lowest BCUT2D eigenvalue weighted by molar-refractivity contribution is 0.0733. The Morgan fingerprint density at radius 2 is 2.00 bits per heavy atom. The second kappa shape index (κ2) is 6.28. The Morgan fingerprint density at radius 3 is 2.57 bits per heavy atom. The quantitative estimate of drug-likeness (QED) is 0.901. The molecule has 21 heavy (non-hydrogen) atoms. The maximum atomic E-state index is 12.7. The molecule has 0 bridgehead atoms. The summed E-state index contributed by atoms with van der Waals surface area (Å²) < 4.78 is 0. The molecule has 110 valence electrons. The van der Waals surface area contributed by atoms with Gasteiger partial charge in [0.1, 0.15) is 0 Å². The molecule has 1 unspecified atom stereocenters. The van der Waals surface area contributed by atoms with Crippen molar-refractivity contribution in [2.24, 2.45) is 5.92 Å². The van der Waals surface area contributed by atoms with Crippen LogP contribution in [0, 0.1) is 17.2 Å². The van der Waals surface area contributed by atoms with Crippen molar-refractivity contribution in [1.82, 2.24) is 10.2 Å². The van der Waals surface area contributed by atoms with Gasteiger partial charge in [-0.3, -0.25) is 4.79 Å². The number of hydrogen-bond acceptors (Lipinski definition) is 3. The van der Waals surface area contributed by atoms with E-state index in [2.05, 4.69) is 11.4 Å². The Balaban J connectivity index is 1.70. The van der Waals surface area contributed by atoms with E-state index in [1.54, 1.807) is 24.3 Å². The second-order valence-corrected chi connectivity index (χ2v) is 6.14. The van der Waals surface area contributed by atoms with E-state index < -0.39 is 0 Å². The SMILES string of the molecule is N#Cc1ccc(C(=O)N(CC2CC2)CC2CCCN2)cc1. The van der Waals surface area contributed by atoms with E-state index >= 15 is 0 Å². The minimum Gasteiger partial charge on any atom is -0.337 e. The van der Waals surface area contributed by atoms with Crippen LogP contribution in [0.15, 0.2) is 24.3 Å². The lowest BCUT2D eigenvalue weighted by Crippen LogP contribution is -2.42. The predicted molar refractivity (Wildman–Crippen MR) is 80.8 cm³/mol. The first kappa shape index (κ1) is 14.1. The van der Waals surface area contributed by atoms with Crippen molar-refractivity contribution in [3.05, 3.63) is 35.4 Å². The molecule has 0 aromatic heterocycles. The van der Waals surface area contributed by atoms with Crippen LogP contribution in [-0.4, -0.2) is 36.5 Å². The lowest BCUT2D eigenvalue weighted by Gasteiger charge is -2.26. The first-order valence-electron chi connectivity index (χ1n) is 7.79. The fourth-order valence-corrected chi connectivity index (χ4v) is 2.90. The number of benzene rings is 1. The minimum absolute atomic E-state index is 0.0973. The topological polar surface area (TPSA) is 56.1 Å². The Bertz CT molecular complexity index is 536. The molecular weight excluding hydrogens is 262 g/mol. The van der Waals surface area contributed by atoms with Gasteiger partial charge in [0.25, 0.3) is 5.91 Å². The molecule has 1 heterocycles. The standard InChI is InChI=1S/C17H21N3O/c18-10-13-5-7-15(8-6-13)17(21)20(11-14-3-4-14)12-16-2-1-9-19-16/h5-8,14,16,19H,1-4,9,11-12H2. The number of nitrogens with zero attached hydrogens (tertiary/aromatic N) is 2. The first-order chi connectivity index (χ1) is 10.3. The van der Waals surface area contributed by atoms with Crippen molar-refractivity contribution < 1.29 is 4.79 Å². The molecule has 0 spiro atoms. The van der Waals surface area contributed by atoms with Gasteiger partial charge in [-0.25, -0.2) is 0 Å². The van der Waals surface area contributed by atoms with Crippen LogP contribution in [0.25, 0.3) is 0 Å². The zero-order chi connectivity index (χ0) is 14.7. The number of hydrogen-bond donors (Lipinski definition) is 1. The third-order valence-corrected chi connectivity index (χ3v) is 4.33. The number of nitrogens with one attached hydrogen (secondary N) is 1. The van der Waals surface area contributed by atoms with Crippen LogP contribution in [0.2, 0.25) is 0 Å². The summed E-state index contributed by atoms with van der Waals surface area (Å²) in [7, 11) is 0. The molecule has 1 aromatic rings. The molecule has 1 saturated heterocycles. The van der Waals surface area contributed by atoms with E-state index in [-0.39, 0.29) is 5.91 Å². The molecule has 1 saturated carbocycles.